The third-order valence-corrected chi connectivity index (χ3v) is 3.54. The molecule has 1 fully saturated rings. The van der Waals surface area contributed by atoms with Crippen LogP contribution in [-0.2, 0) is 0 Å². The van der Waals surface area contributed by atoms with Gasteiger partial charge in [-0.1, -0.05) is 24.9 Å². The molecule has 90 valence electrons. The van der Waals surface area contributed by atoms with Gasteiger partial charge in [-0.15, -0.1) is 0 Å². The average Bonchev–Trinajstić information content (AvgIpc) is 2.32. The molecule has 0 unspecified atom stereocenters. The average molecular weight is 250 g/mol. The largest absolute Gasteiger partial charge is 0.489 e. The van der Waals surface area contributed by atoms with Crippen LogP contribution in [0.5, 0.6) is 5.75 Å². The van der Waals surface area contributed by atoms with E-state index in [-0.39, 0.29) is 6.10 Å². The summed E-state index contributed by atoms with van der Waals surface area (Å²) in [5.74, 6) is 1.43. The zero-order chi connectivity index (χ0) is 12.3. The third-order valence-electron chi connectivity index (χ3n) is 3.24. The van der Waals surface area contributed by atoms with Gasteiger partial charge < -0.3 is 4.74 Å². The molecule has 0 aliphatic heterocycles. The topological polar surface area (TPSA) is 33.0 Å². The second-order valence-corrected chi connectivity index (χ2v) is 5.18. The van der Waals surface area contributed by atoms with Crippen molar-refractivity contribution in [3.8, 4) is 11.8 Å². The number of rotatable bonds is 2. The van der Waals surface area contributed by atoms with Crippen molar-refractivity contribution in [2.75, 3.05) is 0 Å². The molecule has 0 spiro atoms. The summed E-state index contributed by atoms with van der Waals surface area (Å²) in [7, 11) is 0. The summed E-state index contributed by atoms with van der Waals surface area (Å²) in [6.45, 7) is 2.26. The standard InChI is InChI=1S/C14H16ClNO/c1-10-3-2-4-12(7-10)17-14-6-5-11(9-16)8-13(14)15/h5-6,8,10,12H,2-4,7H2,1H3/t10-,12+/m1/s1. The van der Waals surface area contributed by atoms with Crippen molar-refractivity contribution in [3.63, 3.8) is 0 Å². The minimum Gasteiger partial charge on any atom is -0.489 e. The van der Waals surface area contributed by atoms with Crippen molar-refractivity contribution >= 4 is 11.6 Å². The number of hydrogen-bond acceptors (Lipinski definition) is 2. The monoisotopic (exact) mass is 249 g/mol. The van der Waals surface area contributed by atoms with Crippen LogP contribution in [-0.4, -0.2) is 6.10 Å². The number of nitrogens with zero attached hydrogens (tertiary/aromatic N) is 1. The highest BCUT2D eigenvalue weighted by Gasteiger charge is 2.20. The molecule has 0 N–H and O–H groups in total. The highest BCUT2D eigenvalue weighted by Crippen LogP contribution is 2.31. The summed E-state index contributed by atoms with van der Waals surface area (Å²) < 4.78 is 5.91. The summed E-state index contributed by atoms with van der Waals surface area (Å²) in [6, 6.07) is 7.26. The van der Waals surface area contributed by atoms with Gasteiger partial charge in [-0.2, -0.15) is 5.26 Å². The van der Waals surface area contributed by atoms with Gasteiger partial charge in [-0.05, 0) is 43.4 Å². The molecule has 17 heavy (non-hydrogen) atoms. The molecule has 2 atom stereocenters. The molecule has 1 aliphatic rings. The van der Waals surface area contributed by atoms with Crippen molar-refractivity contribution < 1.29 is 4.74 Å². The van der Waals surface area contributed by atoms with E-state index in [1.165, 1.54) is 12.8 Å². The van der Waals surface area contributed by atoms with Crippen molar-refractivity contribution in [2.24, 2.45) is 5.92 Å². The lowest BCUT2D eigenvalue weighted by Crippen LogP contribution is -2.24. The minimum absolute atomic E-state index is 0.268. The Labute approximate surface area is 107 Å². The van der Waals surface area contributed by atoms with E-state index in [9.17, 15) is 0 Å². The van der Waals surface area contributed by atoms with Gasteiger partial charge in [-0.3, -0.25) is 0 Å². The Kier molecular flexibility index (Phi) is 3.91. The molecule has 0 radical (unpaired) electrons. The minimum atomic E-state index is 0.268. The number of nitriles is 1. The quantitative estimate of drug-likeness (QED) is 0.788. The normalized spacial score (nSPS) is 24.1. The predicted molar refractivity (Wildman–Crippen MR) is 68.2 cm³/mol. The SMILES string of the molecule is C[C@@H]1CCC[C@H](Oc2ccc(C#N)cc2Cl)C1. The van der Waals surface area contributed by atoms with Crippen LogP contribution in [0.2, 0.25) is 5.02 Å². The second-order valence-electron chi connectivity index (χ2n) is 4.77. The van der Waals surface area contributed by atoms with E-state index >= 15 is 0 Å². The maximum atomic E-state index is 8.76. The molecule has 0 saturated heterocycles. The highest BCUT2D eigenvalue weighted by molar-refractivity contribution is 6.32. The number of halogens is 1. The Hall–Kier alpha value is -1.20. The lowest BCUT2D eigenvalue weighted by atomic mass is 9.89. The van der Waals surface area contributed by atoms with Gasteiger partial charge in [0.15, 0.2) is 0 Å². The first kappa shape index (κ1) is 12.3. The van der Waals surface area contributed by atoms with Crippen LogP contribution in [0.25, 0.3) is 0 Å². The second kappa shape index (κ2) is 5.42. The molecule has 1 saturated carbocycles. The maximum Gasteiger partial charge on any atom is 0.138 e. The van der Waals surface area contributed by atoms with E-state index < -0.39 is 0 Å². The van der Waals surface area contributed by atoms with Crippen LogP contribution in [0.4, 0.5) is 0 Å². The van der Waals surface area contributed by atoms with Gasteiger partial charge >= 0.3 is 0 Å². The molecule has 0 aromatic heterocycles. The molecule has 1 aromatic carbocycles. The van der Waals surface area contributed by atoms with E-state index in [0.29, 0.717) is 16.3 Å². The summed E-state index contributed by atoms with van der Waals surface area (Å²) in [4.78, 5) is 0. The predicted octanol–water partition coefficient (Wildman–Crippen LogP) is 4.17. The van der Waals surface area contributed by atoms with Crippen LogP contribution < -0.4 is 4.74 Å². The highest BCUT2D eigenvalue weighted by atomic mass is 35.5. The fraction of sp³-hybridized carbons (Fsp3) is 0.500. The Bertz CT molecular complexity index is 438. The van der Waals surface area contributed by atoms with Crippen LogP contribution in [0.15, 0.2) is 18.2 Å². The van der Waals surface area contributed by atoms with Gasteiger partial charge in [0.25, 0.3) is 0 Å². The molecule has 0 amide bonds. The van der Waals surface area contributed by atoms with Crippen molar-refractivity contribution in [2.45, 2.75) is 38.7 Å². The summed E-state index contributed by atoms with van der Waals surface area (Å²) in [5, 5.41) is 9.29. The number of benzene rings is 1. The summed E-state index contributed by atoms with van der Waals surface area (Å²) in [5.41, 5.74) is 0.569. The molecule has 1 aromatic rings. The molecule has 3 heteroatoms. The van der Waals surface area contributed by atoms with Crippen molar-refractivity contribution in [1.29, 1.82) is 5.26 Å². The van der Waals surface area contributed by atoms with Crippen LogP contribution in [0.1, 0.15) is 38.2 Å². The van der Waals surface area contributed by atoms with Crippen LogP contribution in [0, 0.1) is 17.2 Å². The first-order valence-corrected chi connectivity index (χ1v) is 6.43. The molecular formula is C14H16ClNO. The van der Waals surface area contributed by atoms with E-state index in [4.69, 9.17) is 21.6 Å². The maximum absolute atomic E-state index is 8.76. The van der Waals surface area contributed by atoms with E-state index in [2.05, 4.69) is 13.0 Å². The lowest BCUT2D eigenvalue weighted by molar-refractivity contribution is 0.129. The Morgan fingerprint density at radius 3 is 2.88 bits per heavy atom. The summed E-state index contributed by atoms with van der Waals surface area (Å²) in [6.07, 6.45) is 4.97. The van der Waals surface area contributed by atoms with Crippen LogP contribution in [0.3, 0.4) is 0 Å². The molecule has 0 heterocycles. The number of ether oxygens (including phenoxy) is 1. The molecule has 2 nitrogen and oxygen atoms in total. The van der Waals surface area contributed by atoms with E-state index in [0.717, 1.165) is 18.8 Å². The molecule has 2 rings (SSSR count). The Morgan fingerprint density at radius 1 is 1.41 bits per heavy atom. The molecule has 0 bridgehead atoms. The van der Waals surface area contributed by atoms with Gasteiger partial charge in [0, 0.05) is 0 Å². The van der Waals surface area contributed by atoms with E-state index in [1.54, 1.807) is 18.2 Å². The van der Waals surface area contributed by atoms with E-state index in [1.807, 2.05) is 0 Å². The number of hydrogen-bond donors (Lipinski definition) is 0. The van der Waals surface area contributed by atoms with Crippen molar-refractivity contribution in [1.82, 2.24) is 0 Å². The smallest absolute Gasteiger partial charge is 0.138 e. The van der Waals surface area contributed by atoms with Gasteiger partial charge in [0.1, 0.15) is 5.75 Å². The fourth-order valence-corrected chi connectivity index (χ4v) is 2.56. The first-order valence-electron chi connectivity index (χ1n) is 6.05. The Morgan fingerprint density at radius 2 is 2.24 bits per heavy atom. The summed E-state index contributed by atoms with van der Waals surface area (Å²) >= 11 is 6.09. The lowest BCUT2D eigenvalue weighted by Gasteiger charge is -2.27. The Balaban J connectivity index is 2.06. The van der Waals surface area contributed by atoms with Crippen LogP contribution >= 0.6 is 11.6 Å². The molecule has 1 aliphatic carbocycles. The zero-order valence-corrected chi connectivity index (χ0v) is 10.7. The van der Waals surface area contributed by atoms with Gasteiger partial charge in [-0.25, -0.2) is 0 Å². The first-order chi connectivity index (χ1) is 8.19. The zero-order valence-electron chi connectivity index (χ0n) is 9.95. The fourth-order valence-electron chi connectivity index (χ4n) is 2.33. The van der Waals surface area contributed by atoms with Crippen molar-refractivity contribution in [3.05, 3.63) is 28.8 Å². The molecular weight excluding hydrogens is 234 g/mol. The van der Waals surface area contributed by atoms with Gasteiger partial charge in [0.05, 0.1) is 22.8 Å². The van der Waals surface area contributed by atoms with Gasteiger partial charge in [0.2, 0.25) is 0 Å². The third kappa shape index (κ3) is 3.14.